The number of rotatable bonds is 1. The lowest BCUT2D eigenvalue weighted by molar-refractivity contribution is 0.0316. The van der Waals surface area contributed by atoms with Crippen molar-refractivity contribution in [1.82, 2.24) is 0 Å². The lowest BCUT2D eigenvalue weighted by Crippen LogP contribution is -2.32. The molecule has 2 N–H and O–H groups in total. The fraction of sp³-hybridized carbons (Fsp3) is 0.700. The van der Waals surface area contributed by atoms with Gasteiger partial charge in [0.25, 0.3) is 11.6 Å². The van der Waals surface area contributed by atoms with E-state index in [0.29, 0.717) is 0 Å². The van der Waals surface area contributed by atoms with Crippen LogP contribution in [-0.4, -0.2) is 28.0 Å². The largest absolute Gasteiger partial charge is 0.389 e. The topological polar surface area (TPSA) is 44.8 Å². The van der Waals surface area contributed by atoms with Crippen LogP contribution in [0.3, 0.4) is 0 Å². The Morgan fingerprint density at radius 2 is 2.07 bits per heavy atom. The third kappa shape index (κ3) is 1.45. The molecule has 3 nitrogen and oxygen atoms in total. The highest BCUT2D eigenvalue weighted by Gasteiger charge is 2.61. The predicted molar refractivity (Wildman–Crippen MR) is 50.0 cm³/mol. The maximum Gasteiger partial charge on any atom is 0.280 e. The van der Waals surface area contributed by atoms with Crippen LogP contribution in [0.5, 0.6) is 0 Å². The van der Waals surface area contributed by atoms with Crippen molar-refractivity contribution in [2.24, 2.45) is 5.92 Å². The first-order chi connectivity index (χ1) is 6.92. The molecule has 5 heteroatoms. The van der Waals surface area contributed by atoms with E-state index in [1.807, 2.05) is 0 Å². The Bertz CT molecular complexity index is 333. The van der Waals surface area contributed by atoms with Gasteiger partial charge in [-0.1, -0.05) is 13.8 Å². The van der Waals surface area contributed by atoms with E-state index in [0.717, 1.165) is 0 Å². The van der Waals surface area contributed by atoms with Crippen LogP contribution in [-0.2, 0) is 0 Å². The molecular formula is C10H13F2NO2. The van der Waals surface area contributed by atoms with Gasteiger partial charge in [0.05, 0.1) is 12.0 Å². The zero-order chi connectivity index (χ0) is 11.8. The van der Waals surface area contributed by atoms with E-state index >= 15 is 0 Å². The highest BCUT2D eigenvalue weighted by atomic mass is 19.3. The summed E-state index contributed by atoms with van der Waals surface area (Å²) in [5.74, 6) is -0.688. The first-order valence-electron chi connectivity index (χ1n) is 4.72. The van der Waals surface area contributed by atoms with Gasteiger partial charge < -0.3 is 15.1 Å². The highest BCUT2D eigenvalue weighted by molar-refractivity contribution is 5.38. The Hall–Kier alpha value is -0.990. The molecule has 1 saturated carbocycles. The highest BCUT2D eigenvalue weighted by Crippen LogP contribution is 2.47. The predicted octanol–water partition coefficient (Wildman–Crippen LogP) is 1.58. The minimum Gasteiger partial charge on any atom is -0.389 e. The molecule has 0 heterocycles. The van der Waals surface area contributed by atoms with Crippen LogP contribution in [0, 0.1) is 12.5 Å². The van der Waals surface area contributed by atoms with Gasteiger partial charge in [0.15, 0.2) is 0 Å². The lowest BCUT2D eigenvalue weighted by Gasteiger charge is -2.20. The molecule has 0 saturated heterocycles. The zero-order valence-corrected chi connectivity index (χ0v) is 8.54. The van der Waals surface area contributed by atoms with Crippen LogP contribution in [0.15, 0.2) is 11.7 Å². The third-order valence-corrected chi connectivity index (χ3v) is 3.29. The zero-order valence-electron chi connectivity index (χ0n) is 8.54. The first kappa shape index (κ1) is 12.1. The van der Waals surface area contributed by atoms with E-state index in [1.165, 1.54) is 6.92 Å². The summed E-state index contributed by atoms with van der Waals surface area (Å²) in [4.78, 5) is 3.21. The molecule has 4 atom stereocenters. The van der Waals surface area contributed by atoms with Crippen molar-refractivity contribution in [2.75, 3.05) is 0 Å². The third-order valence-electron chi connectivity index (χ3n) is 3.29. The molecule has 1 fully saturated rings. The van der Waals surface area contributed by atoms with Crippen LogP contribution in [0.1, 0.15) is 20.3 Å². The van der Waals surface area contributed by atoms with Crippen LogP contribution in [0.2, 0.25) is 0 Å². The van der Waals surface area contributed by atoms with Crippen LogP contribution < -0.4 is 0 Å². The van der Waals surface area contributed by atoms with Gasteiger partial charge in [-0.15, -0.1) is 0 Å². The van der Waals surface area contributed by atoms with Crippen molar-refractivity contribution in [3.63, 3.8) is 0 Å². The molecule has 0 amide bonds. The minimum absolute atomic E-state index is 0.151. The van der Waals surface area contributed by atoms with Crippen LogP contribution >= 0.6 is 0 Å². The Morgan fingerprint density at radius 1 is 1.53 bits per heavy atom. The summed E-state index contributed by atoms with van der Waals surface area (Å²) in [7, 11) is 0. The Balaban J connectivity index is 3.37. The summed E-state index contributed by atoms with van der Waals surface area (Å²) < 4.78 is 25.3. The van der Waals surface area contributed by atoms with Gasteiger partial charge in [-0.2, -0.15) is 8.78 Å². The Labute approximate surface area is 86.9 Å². The maximum absolute atomic E-state index is 12.7. The van der Waals surface area contributed by atoms with Crippen molar-refractivity contribution in [2.45, 2.75) is 38.0 Å². The monoisotopic (exact) mass is 217 g/mol. The van der Waals surface area contributed by atoms with Crippen molar-refractivity contribution in [3.8, 4) is 0 Å². The molecule has 84 valence electrons. The van der Waals surface area contributed by atoms with Gasteiger partial charge in [-0.05, 0) is 0 Å². The lowest BCUT2D eigenvalue weighted by atomic mass is 9.83. The molecule has 0 spiro atoms. The Morgan fingerprint density at radius 3 is 2.33 bits per heavy atom. The number of halogens is 2. The van der Waals surface area contributed by atoms with Crippen molar-refractivity contribution < 1.29 is 19.0 Å². The fourth-order valence-corrected chi connectivity index (χ4v) is 2.26. The molecule has 0 aliphatic heterocycles. The molecule has 0 radical (unpaired) electrons. The standard InChI is InChI=1S/C10H13F2NO2/c1-4-10(13-3)5(2)7(14)8(15)6(10)9(11)12/h5,7-8,14-15H,4H2,1-2H3/t5-,7+,8-,10-/m0/s1. The molecule has 0 aromatic rings. The molecule has 15 heavy (non-hydrogen) atoms. The molecule has 0 unspecified atom stereocenters. The van der Waals surface area contributed by atoms with E-state index < -0.39 is 35.3 Å². The second kappa shape index (κ2) is 3.87. The minimum atomic E-state index is -2.05. The number of aliphatic hydroxyl groups excluding tert-OH is 2. The number of aliphatic hydroxyl groups is 2. The summed E-state index contributed by atoms with van der Waals surface area (Å²) in [5, 5.41) is 19.0. The molecule has 0 bridgehead atoms. The van der Waals surface area contributed by atoms with Crippen molar-refractivity contribution in [3.05, 3.63) is 23.1 Å². The van der Waals surface area contributed by atoms with Gasteiger partial charge in [-0.25, -0.2) is 6.57 Å². The second-order valence-corrected chi connectivity index (χ2v) is 3.79. The summed E-state index contributed by atoms with van der Waals surface area (Å²) in [6, 6.07) is 0. The van der Waals surface area contributed by atoms with E-state index in [2.05, 4.69) is 4.85 Å². The molecule has 0 aromatic carbocycles. The van der Waals surface area contributed by atoms with Crippen LogP contribution in [0.4, 0.5) is 8.78 Å². The second-order valence-electron chi connectivity index (χ2n) is 3.79. The normalized spacial score (nSPS) is 40.3. The average molecular weight is 217 g/mol. The van der Waals surface area contributed by atoms with Crippen molar-refractivity contribution in [1.29, 1.82) is 0 Å². The Kier molecular flexibility index (Phi) is 3.12. The average Bonchev–Trinajstić information content (AvgIpc) is 2.40. The number of nitrogens with zero attached hydrogens (tertiary/aromatic N) is 1. The van der Waals surface area contributed by atoms with Gasteiger partial charge in [0.2, 0.25) is 0 Å². The van der Waals surface area contributed by atoms with E-state index in [-0.39, 0.29) is 6.42 Å². The smallest absolute Gasteiger partial charge is 0.280 e. The van der Waals surface area contributed by atoms with Gasteiger partial charge >= 0.3 is 0 Å². The number of hydrogen-bond donors (Lipinski definition) is 2. The van der Waals surface area contributed by atoms with E-state index in [1.54, 1.807) is 6.92 Å². The molecular weight excluding hydrogens is 204 g/mol. The first-order valence-corrected chi connectivity index (χ1v) is 4.72. The molecule has 1 aliphatic carbocycles. The molecule has 1 rings (SSSR count). The van der Waals surface area contributed by atoms with E-state index in [4.69, 9.17) is 6.57 Å². The summed E-state index contributed by atoms with van der Waals surface area (Å²) in [6.45, 7) is 10.1. The van der Waals surface area contributed by atoms with Gasteiger partial charge in [-0.3, -0.25) is 0 Å². The summed E-state index contributed by atoms with van der Waals surface area (Å²) in [6.07, 6.45) is -4.82. The maximum atomic E-state index is 12.7. The van der Waals surface area contributed by atoms with Gasteiger partial charge in [0.1, 0.15) is 11.7 Å². The van der Waals surface area contributed by atoms with Crippen LogP contribution in [0.25, 0.3) is 4.85 Å². The van der Waals surface area contributed by atoms with Gasteiger partial charge in [0, 0.05) is 6.42 Å². The SMILES string of the molecule is [C-]#[N+][C@]1(CC)C(=C(F)F)[C@H](O)[C@H](O)[C@@H]1C. The summed E-state index contributed by atoms with van der Waals surface area (Å²) >= 11 is 0. The fourth-order valence-electron chi connectivity index (χ4n) is 2.26. The number of hydrogen-bond acceptors (Lipinski definition) is 2. The molecule has 0 aromatic heterocycles. The van der Waals surface area contributed by atoms with Crippen molar-refractivity contribution >= 4 is 0 Å². The summed E-state index contributed by atoms with van der Waals surface area (Å²) in [5.41, 5.74) is -2.07. The van der Waals surface area contributed by atoms with E-state index in [9.17, 15) is 19.0 Å². The quantitative estimate of drug-likeness (QED) is 0.655. The molecule has 1 aliphatic rings.